The van der Waals surface area contributed by atoms with Gasteiger partial charge in [-0.15, -0.1) is 0 Å². The van der Waals surface area contributed by atoms with E-state index in [1.54, 1.807) is 0 Å². The highest BCUT2D eigenvalue weighted by molar-refractivity contribution is 5.79. The fourth-order valence-corrected chi connectivity index (χ4v) is 9.96. The lowest BCUT2D eigenvalue weighted by Gasteiger charge is -2.29. The molecule has 10 nitrogen and oxygen atoms in total. The first-order valence-corrected chi connectivity index (χ1v) is 20.1. The standard InChI is InChI=1S/C45H46N6O4/c1-45(2,3)55-44(53)51-36-20-30(36)22-38(51)42-47-34-16-12-28-18-26(10-14-32(28)40(34)49-42)25-9-13-31-27(17-25)11-15-33-39(31)48-41(46-33)37-21-29-19-35(29)50(37)43(52)54-23-24-7-5-4-6-8-24/h4-10,13-14,17-18,29-30,35-38H,11-12,15-16,19-23H2,1-3H3,(H,46,48)(H,47,49)/t29-,30-,35-,36-,37+,38+/m1/s1. The van der Waals surface area contributed by atoms with Crippen LogP contribution < -0.4 is 0 Å². The summed E-state index contributed by atoms with van der Waals surface area (Å²) >= 11 is 0. The van der Waals surface area contributed by atoms with Gasteiger partial charge in [-0.1, -0.05) is 66.7 Å². The highest BCUT2D eigenvalue weighted by Gasteiger charge is 2.57. The Morgan fingerprint density at radius 2 is 1.22 bits per heavy atom. The molecule has 3 aromatic carbocycles. The van der Waals surface area contributed by atoms with Crippen LogP contribution in [0.15, 0.2) is 66.7 Å². The fraction of sp³-hybridized carbons (Fsp3) is 0.422. The van der Waals surface area contributed by atoms with Gasteiger partial charge in [0.05, 0.1) is 23.5 Å². The Balaban J connectivity index is 0.822. The predicted octanol–water partition coefficient (Wildman–Crippen LogP) is 8.87. The van der Waals surface area contributed by atoms with Crippen LogP contribution in [0.5, 0.6) is 0 Å². The number of amides is 2. The van der Waals surface area contributed by atoms with Crippen molar-refractivity contribution in [2.45, 2.75) is 109 Å². The normalized spacial score (nSPS) is 25.3. The van der Waals surface area contributed by atoms with E-state index in [0.717, 1.165) is 91.4 Å². The van der Waals surface area contributed by atoms with E-state index in [2.05, 4.69) is 46.4 Å². The van der Waals surface area contributed by atoms with E-state index in [-0.39, 0.29) is 43.0 Å². The quantitative estimate of drug-likeness (QED) is 0.186. The van der Waals surface area contributed by atoms with Gasteiger partial charge >= 0.3 is 12.2 Å². The first kappa shape index (κ1) is 33.0. The minimum atomic E-state index is -0.531. The Bertz CT molecular complexity index is 2370. The molecule has 280 valence electrons. The molecule has 0 spiro atoms. The SMILES string of the molecule is CC(C)(C)OC(=O)N1[C@@H]2C[C@@H]2C[C@H]1c1nc2c([nH]1)CCc1cc(-c3ccc4c(c3)CCc3[nH]c([C@@H]5C[C@H]6C[C@H]6N5C(=O)OCc5ccccc5)nc3-4)ccc1-2. The minimum Gasteiger partial charge on any atom is -0.445 e. The summed E-state index contributed by atoms with van der Waals surface area (Å²) in [6.07, 6.45) is 7.14. The number of nitrogens with one attached hydrogen (secondary N) is 2. The summed E-state index contributed by atoms with van der Waals surface area (Å²) in [5.74, 6) is 2.83. The third-order valence-electron chi connectivity index (χ3n) is 12.8. The van der Waals surface area contributed by atoms with Gasteiger partial charge in [-0.25, -0.2) is 19.6 Å². The molecule has 2 N–H and O–H groups in total. The number of piperidine rings is 2. The number of hydrogen-bond acceptors (Lipinski definition) is 6. The van der Waals surface area contributed by atoms with E-state index in [9.17, 15) is 9.59 Å². The molecule has 11 rings (SSSR count). The number of nitrogens with zero attached hydrogens (tertiary/aromatic N) is 4. The fourth-order valence-electron chi connectivity index (χ4n) is 9.96. The molecule has 55 heavy (non-hydrogen) atoms. The third-order valence-corrected chi connectivity index (χ3v) is 12.8. The van der Waals surface area contributed by atoms with Crippen molar-refractivity contribution in [3.05, 3.63) is 106 Å². The molecule has 6 aliphatic rings. The average Bonchev–Trinajstić information content (AvgIpc) is 3.82. The van der Waals surface area contributed by atoms with E-state index in [1.807, 2.05) is 60.9 Å². The lowest BCUT2D eigenvalue weighted by Crippen LogP contribution is -2.38. The average molecular weight is 735 g/mol. The lowest BCUT2D eigenvalue weighted by atomic mass is 9.87. The number of likely N-dealkylation sites (tertiary alicyclic amines) is 2. The topological polar surface area (TPSA) is 116 Å². The molecule has 5 aromatic rings. The van der Waals surface area contributed by atoms with Crippen molar-refractivity contribution < 1.29 is 19.1 Å². The van der Waals surface area contributed by atoms with Gasteiger partial charge in [-0.2, -0.15) is 0 Å². The number of fused-ring (bicyclic) bond motifs is 8. The minimum absolute atomic E-state index is 0.0716. The Morgan fingerprint density at radius 3 is 1.75 bits per heavy atom. The smallest absolute Gasteiger partial charge is 0.411 e. The zero-order valence-corrected chi connectivity index (χ0v) is 31.6. The van der Waals surface area contributed by atoms with Crippen LogP contribution in [-0.4, -0.2) is 59.6 Å². The Labute approximate surface area is 320 Å². The number of hydrogen-bond donors (Lipinski definition) is 2. The van der Waals surface area contributed by atoms with E-state index in [1.165, 1.54) is 33.4 Å². The molecular weight excluding hydrogens is 689 g/mol. The molecule has 2 aliphatic heterocycles. The summed E-state index contributed by atoms with van der Waals surface area (Å²) in [6.45, 7) is 6.05. The van der Waals surface area contributed by atoms with Gasteiger partial charge in [0.1, 0.15) is 23.9 Å². The second-order valence-electron chi connectivity index (χ2n) is 17.6. The van der Waals surface area contributed by atoms with Gasteiger partial charge < -0.3 is 19.4 Å². The Kier molecular flexibility index (Phi) is 7.23. The van der Waals surface area contributed by atoms with Crippen molar-refractivity contribution in [1.82, 2.24) is 29.7 Å². The molecule has 0 unspecified atom stereocenters. The number of imidazole rings is 2. The summed E-state index contributed by atoms with van der Waals surface area (Å²) in [4.78, 5) is 48.2. The number of H-pyrrole nitrogens is 2. The molecule has 2 saturated heterocycles. The van der Waals surface area contributed by atoms with Crippen LogP contribution >= 0.6 is 0 Å². The zero-order chi connectivity index (χ0) is 37.2. The van der Waals surface area contributed by atoms with Crippen molar-refractivity contribution in [3.63, 3.8) is 0 Å². The number of aromatic nitrogens is 4. The van der Waals surface area contributed by atoms with Crippen molar-refractivity contribution in [1.29, 1.82) is 0 Å². The second-order valence-corrected chi connectivity index (χ2v) is 17.6. The summed E-state index contributed by atoms with van der Waals surface area (Å²) < 4.78 is 11.6. The largest absolute Gasteiger partial charge is 0.445 e. The second kappa shape index (κ2) is 12.1. The maximum Gasteiger partial charge on any atom is 0.411 e. The number of benzene rings is 3. The summed E-state index contributed by atoms with van der Waals surface area (Å²) in [5, 5.41) is 0. The first-order valence-electron chi connectivity index (χ1n) is 20.1. The maximum absolute atomic E-state index is 13.4. The summed E-state index contributed by atoms with van der Waals surface area (Å²) in [5.41, 5.74) is 12.2. The van der Waals surface area contributed by atoms with Gasteiger partial charge in [0.15, 0.2) is 0 Å². The maximum atomic E-state index is 13.4. The van der Waals surface area contributed by atoms with Gasteiger partial charge in [0.2, 0.25) is 0 Å². The summed E-state index contributed by atoms with van der Waals surface area (Å²) in [7, 11) is 0. The molecular formula is C45H46N6O4. The van der Waals surface area contributed by atoms with E-state index in [4.69, 9.17) is 19.4 Å². The Morgan fingerprint density at radius 1 is 0.691 bits per heavy atom. The van der Waals surface area contributed by atoms with Crippen LogP contribution in [0.25, 0.3) is 33.6 Å². The lowest BCUT2D eigenvalue weighted by molar-refractivity contribution is 0.0175. The van der Waals surface area contributed by atoms with E-state index >= 15 is 0 Å². The Hall–Kier alpha value is -5.38. The zero-order valence-electron chi connectivity index (χ0n) is 31.6. The van der Waals surface area contributed by atoms with Gasteiger partial charge in [0, 0.05) is 34.6 Å². The number of carbonyl (C=O) groups excluding carboxylic acids is 2. The van der Waals surface area contributed by atoms with Crippen molar-refractivity contribution in [2.75, 3.05) is 0 Å². The third kappa shape index (κ3) is 5.66. The molecule has 4 heterocycles. The van der Waals surface area contributed by atoms with Crippen LogP contribution in [0, 0.1) is 11.8 Å². The molecule has 2 amide bonds. The van der Waals surface area contributed by atoms with Gasteiger partial charge in [-0.3, -0.25) is 9.80 Å². The molecule has 4 aliphatic carbocycles. The van der Waals surface area contributed by atoms with Gasteiger partial charge in [-0.05, 0) is 112 Å². The van der Waals surface area contributed by atoms with Crippen LogP contribution in [0.3, 0.4) is 0 Å². The molecule has 0 radical (unpaired) electrons. The first-order chi connectivity index (χ1) is 26.6. The monoisotopic (exact) mass is 734 g/mol. The van der Waals surface area contributed by atoms with Crippen LogP contribution in [0.4, 0.5) is 9.59 Å². The highest BCUT2D eigenvalue weighted by Crippen LogP contribution is 2.55. The van der Waals surface area contributed by atoms with Crippen molar-refractivity contribution in [2.24, 2.45) is 11.8 Å². The number of aromatic amines is 2. The molecule has 2 saturated carbocycles. The number of ether oxygens (including phenoxy) is 2. The number of aryl methyl sites for hydroxylation is 4. The van der Waals surface area contributed by atoms with E-state index < -0.39 is 5.60 Å². The van der Waals surface area contributed by atoms with Crippen LogP contribution in [-0.2, 0) is 41.8 Å². The van der Waals surface area contributed by atoms with Crippen LogP contribution in [0.1, 0.15) is 98.3 Å². The number of rotatable bonds is 5. The highest BCUT2D eigenvalue weighted by atomic mass is 16.6. The molecule has 10 heteroatoms. The van der Waals surface area contributed by atoms with Crippen molar-refractivity contribution >= 4 is 12.2 Å². The molecule has 6 atom stereocenters. The van der Waals surface area contributed by atoms with Gasteiger partial charge in [0.25, 0.3) is 0 Å². The van der Waals surface area contributed by atoms with E-state index in [0.29, 0.717) is 11.8 Å². The van der Waals surface area contributed by atoms with Crippen LogP contribution in [0.2, 0.25) is 0 Å². The van der Waals surface area contributed by atoms with Crippen molar-refractivity contribution in [3.8, 4) is 33.6 Å². The predicted molar refractivity (Wildman–Crippen MR) is 207 cm³/mol. The molecule has 0 bridgehead atoms. The molecule has 2 aromatic heterocycles. The molecule has 4 fully saturated rings. The summed E-state index contributed by atoms with van der Waals surface area (Å²) in [6, 6.07) is 23.8. The number of carbonyl (C=O) groups is 2.